The highest BCUT2D eigenvalue weighted by atomic mass is 35.5. The summed E-state index contributed by atoms with van der Waals surface area (Å²) in [5, 5.41) is 14.2. The van der Waals surface area contributed by atoms with Crippen molar-refractivity contribution in [2.24, 2.45) is 31.3 Å². The maximum Gasteiger partial charge on any atom is 0.301 e. The third-order valence-electron chi connectivity index (χ3n) is 15.7. The number of aryl methyl sites for hydroxylation is 2. The third-order valence-corrected chi connectivity index (χ3v) is 15.9. The molecular formula is C48H55ClF3N11O4. The quantitative estimate of drug-likeness (QED) is 0.136. The van der Waals surface area contributed by atoms with E-state index in [-0.39, 0.29) is 62.0 Å². The largest absolute Gasteiger partial charge is 0.480 e. The second-order valence-electron chi connectivity index (χ2n) is 19.8. The lowest BCUT2D eigenvalue weighted by molar-refractivity contribution is -0.134. The number of carbonyl (C=O) groups is 2. The molecule has 1 saturated carbocycles. The molecule has 3 N–H and O–H groups in total. The van der Waals surface area contributed by atoms with Crippen molar-refractivity contribution >= 4 is 74.0 Å². The fourth-order valence-electron chi connectivity index (χ4n) is 11.4. The van der Waals surface area contributed by atoms with Crippen molar-refractivity contribution in [1.82, 2.24) is 34.5 Å². The number of nitrogens with zero attached hydrogens (tertiary/aromatic N) is 8. The first-order valence-corrected chi connectivity index (χ1v) is 24.1. The monoisotopic (exact) mass is 941 g/mol. The SMILES string of the molecule is Cn1nc(C2CCC(=O)NC2=O)c2ccc(N3CCC(CN4CCC5(CC4)CCN(c4ncc(Cl)c(Nc6ccc7c(c6F)c6c(c(=O)n7C)OCC(F)(F)[C@H](C7CC7)N6)n4)CC5)CC3)cc21. The van der Waals surface area contributed by atoms with Gasteiger partial charge in [-0.3, -0.25) is 24.4 Å². The van der Waals surface area contributed by atoms with Crippen molar-refractivity contribution in [3.05, 3.63) is 63.4 Å². The number of alkyl halides is 2. The number of aromatic nitrogens is 5. The van der Waals surface area contributed by atoms with Crippen LogP contribution in [0.2, 0.25) is 5.02 Å². The van der Waals surface area contributed by atoms with Crippen LogP contribution in [0.4, 0.5) is 42.0 Å². The molecule has 5 aliphatic heterocycles. The normalized spacial score (nSPS) is 23.5. The molecule has 3 aromatic heterocycles. The number of carbonyl (C=O) groups excluding carboxylic acids is 2. The summed E-state index contributed by atoms with van der Waals surface area (Å²) in [5.41, 5.74) is 2.71. The summed E-state index contributed by atoms with van der Waals surface area (Å²) in [5.74, 6) is -4.21. The van der Waals surface area contributed by atoms with Crippen molar-refractivity contribution in [2.45, 2.75) is 82.1 Å². The highest BCUT2D eigenvalue weighted by Gasteiger charge is 2.51. The van der Waals surface area contributed by atoms with Crippen LogP contribution in [-0.4, -0.2) is 105 Å². The summed E-state index contributed by atoms with van der Waals surface area (Å²) in [6.07, 6.45) is 10.1. The third kappa shape index (κ3) is 8.10. The van der Waals surface area contributed by atoms with Gasteiger partial charge in [-0.05, 0) is 118 Å². The number of hydrogen-bond acceptors (Lipinski definition) is 12. The molecule has 8 heterocycles. The first-order chi connectivity index (χ1) is 32.2. The minimum atomic E-state index is -3.25. The van der Waals surface area contributed by atoms with Crippen molar-refractivity contribution < 1.29 is 27.5 Å². The number of hydrogen-bond donors (Lipinski definition) is 3. The number of anilines is 5. The smallest absolute Gasteiger partial charge is 0.301 e. The molecule has 354 valence electrons. The Bertz CT molecular complexity index is 2840. The molecule has 1 unspecified atom stereocenters. The van der Waals surface area contributed by atoms with Crippen molar-refractivity contribution in [3.63, 3.8) is 0 Å². The van der Waals surface area contributed by atoms with E-state index in [1.54, 1.807) is 6.07 Å². The molecular weight excluding hydrogens is 887 g/mol. The Morgan fingerprint density at radius 3 is 2.39 bits per heavy atom. The molecule has 0 bridgehead atoms. The Morgan fingerprint density at radius 2 is 1.66 bits per heavy atom. The Kier molecular flexibility index (Phi) is 11.1. The molecule has 6 aliphatic rings. The maximum absolute atomic E-state index is 16.7. The molecule has 67 heavy (non-hydrogen) atoms. The molecule has 5 fully saturated rings. The van der Waals surface area contributed by atoms with Gasteiger partial charge in [0.1, 0.15) is 5.02 Å². The maximum atomic E-state index is 16.7. The minimum absolute atomic E-state index is 0.0155. The average molecular weight is 942 g/mol. The van der Waals surface area contributed by atoms with Gasteiger partial charge in [0.2, 0.25) is 23.5 Å². The van der Waals surface area contributed by atoms with Crippen LogP contribution in [0.25, 0.3) is 21.8 Å². The topological polar surface area (TPSA) is 155 Å². The van der Waals surface area contributed by atoms with Gasteiger partial charge < -0.3 is 34.6 Å². The van der Waals surface area contributed by atoms with Crippen LogP contribution in [0.5, 0.6) is 5.75 Å². The Morgan fingerprint density at radius 1 is 0.910 bits per heavy atom. The highest BCUT2D eigenvalue weighted by Crippen LogP contribution is 2.47. The number of fused-ring (bicyclic) bond motifs is 4. The number of pyridine rings is 1. The number of rotatable bonds is 8. The van der Waals surface area contributed by atoms with Gasteiger partial charge in [0.25, 0.3) is 5.56 Å². The van der Waals surface area contributed by atoms with E-state index in [1.165, 1.54) is 29.6 Å². The predicted octanol–water partition coefficient (Wildman–Crippen LogP) is 7.09. The van der Waals surface area contributed by atoms with Gasteiger partial charge in [0.05, 0.1) is 51.6 Å². The Balaban J connectivity index is 0.695. The van der Waals surface area contributed by atoms with Gasteiger partial charge >= 0.3 is 5.92 Å². The molecule has 1 spiro atoms. The van der Waals surface area contributed by atoms with E-state index in [1.807, 2.05) is 11.7 Å². The number of benzene rings is 2. The number of amides is 2. The van der Waals surface area contributed by atoms with Crippen molar-refractivity contribution in [2.75, 3.05) is 72.9 Å². The zero-order chi connectivity index (χ0) is 46.4. The zero-order valence-corrected chi connectivity index (χ0v) is 38.5. The molecule has 19 heteroatoms. The van der Waals surface area contributed by atoms with Crippen LogP contribution < -0.4 is 36.0 Å². The number of imide groups is 1. The van der Waals surface area contributed by atoms with Crippen LogP contribution >= 0.6 is 11.6 Å². The number of piperidine rings is 4. The molecule has 2 atom stereocenters. The van der Waals surface area contributed by atoms with E-state index >= 15 is 13.2 Å². The lowest BCUT2D eigenvalue weighted by Gasteiger charge is -2.47. The summed E-state index contributed by atoms with van der Waals surface area (Å²) in [6.45, 7) is 5.85. The summed E-state index contributed by atoms with van der Waals surface area (Å²) < 4.78 is 55.6. The number of halogens is 4. The van der Waals surface area contributed by atoms with Crippen molar-refractivity contribution in [3.8, 4) is 5.75 Å². The molecule has 15 nitrogen and oxygen atoms in total. The van der Waals surface area contributed by atoms with Crippen LogP contribution in [0.15, 0.2) is 41.3 Å². The second kappa shape index (κ2) is 16.9. The first-order valence-electron chi connectivity index (χ1n) is 23.7. The van der Waals surface area contributed by atoms with Crippen molar-refractivity contribution in [1.29, 1.82) is 0 Å². The standard InChI is InChI=1S/C48H55ClF3N11O4/c1-59-34-9-8-33(38(50)37(34)40-41(45(59)66)67-26-48(51,52)42(56-40)28-3-4-28)54-43-32(49)24-53-46(57-43)63-21-15-47(16-22-63)13-19-61(20-14-47)25-27-11-17-62(18-12-27)29-5-6-30-35(23-29)60(2)58-39(30)31-7-10-36(64)55-44(31)65/h5-6,8-9,23-24,27-28,31,42,56H,3-4,7,10-22,25-26H2,1-2H3,(H,53,54,57)(H,55,64,65)/t31?,42-/m0/s1. The average Bonchev–Trinajstić information content (AvgIpc) is 4.13. The molecule has 5 aromatic rings. The molecule has 1 aliphatic carbocycles. The fourth-order valence-corrected chi connectivity index (χ4v) is 11.5. The summed E-state index contributed by atoms with van der Waals surface area (Å²) in [4.78, 5) is 54.2. The van der Waals surface area contributed by atoms with Crippen LogP contribution in [0.1, 0.15) is 75.8 Å². The van der Waals surface area contributed by atoms with E-state index in [4.69, 9.17) is 26.4 Å². The van der Waals surface area contributed by atoms with Gasteiger partial charge in [-0.2, -0.15) is 10.1 Å². The molecule has 2 aromatic carbocycles. The van der Waals surface area contributed by atoms with E-state index in [0.29, 0.717) is 37.5 Å². The Hall–Kier alpha value is -5.62. The van der Waals surface area contributed by atoms with Crippen LogP contribution in [-0.2, 0) is 23.7 Å². The molecule has 11 rings (SSSR count). The van der Waals surface area contributed by atoms with E-state index in [2.05, 4.69) is 53.8 Å². The minimum Gasteiger partial charge on any atom is -0.480 e. The van der Waals surface area contributed by atoms with Crippen LogP contribution in [0.3, 0.4) is 0 Å². The number of likely N-dealkylation sites (tertiary alicyclic amines) is 1. The lowest BCUT2D eigenvalue weighted by Crippen LogP contribution is -2.48. The highest BCUT2D eigenvalue weighted by molar-refractivity contribution is 6.33. The predicted molar refractivity (Wildman–Crippen MR) is 250 cm³/mol. The van der Waals surface area contributed by atoms with Gasteiger partial charge in [0.15, 0.2) is 18.2 Å². The van der Waals surface area contributed by atoms with Crippen LogP contribution in [0, 0.1) is 23.1 Å². The lowest BCUT2D eigenvalue weighted by atomic mass is 9.71. The number of nitrogens with one attached hydrogen (secondary N) is 3. The van der Waals surface area contributed by atoms with Gasteiger partial charge in [-0.25, -0.2) is 18.2 Å². The summed E-state index contributed by atoms with van der Waals surface area (Å²) in [7, 11) is 3.38. The fraction of sp³-hybridized carbons (Fsp3) is 0.542. The Labute approximate surface area is 390 Å². The first kappa shape index (κ1) is 43.9. The van der Waals surface area contributed by atoms with E-state index in [9.17, 15) is 14.4 Å². The van der Waals surface area contributed by atoms with E-state index < -0.39 is 35.9 Å². The number of ether oxygens (including phenoxy) is 1. The van der Waals surface area contributed by atoms with Gasteiger partial charge in [0, 0.05) is 64.3 Å². The summed E-state index contributed by atoms with van der Waals surface area (Å²) in [6, 6.07) is 8.17. The van der Waals surface area contributed by atoms with Gasteiger partial charge in [-0.15, -0.1) is 0 Å². The van der Waals surface area contributed by atoms with E-state index in [0.717, 1.165) is 101 Å². The molecule has 4 saturated heterocycles. The summed E-state index contributed by atoms with van der Waals surface area (Å²) >= 11 is 6.60. The second-order valence-corrected chi connectivity index (χ2v) is 20.2. The zero-order valence-electron chi connectivity index (χ0n) is 37.7. The van der Waals surface area contributed by atoms with Gasteiger partial charge in [-0.1, -0.05) is 11.6 Å². The molecule has 0 radical (unpaired) electrons. The molecule has 2 amide bonds.